The van der Waals surface area contributed by atoms with Crippen molar-refractivity contribution in [3.05, 3.63) is 141 Å². The second kappa shape index (κ2) is 10.4. The molecule has 210 valence electrons. The Morgan fingerprint density at radius 3 is 2.28 bits per heavy atom. The number of hydrogen-bond acceptors (Lipinski definition) is 8. The third-order valence-electron chi connectivity index (χ3n) is 7.44. The van der Waals surface area contributed by atoms with E-state index in [2.05, 4.69) is 0 Å². The smallest absolute Gasteiger partial charge is 0.268 e. The number of nitro groups is 1. The van der Waals surface area contributed by atoms with Crippen LogP contribution in [0.4, 0.5) is 20.9 Å². The zero-order valence-electron chi connectivity index (χ0n) is 22.3. The minimum absolute atomic E-state index is 0.0357. The van der Waals surface area contributed by atoms with Gasteiger partial charge in [-0.25, -0.2) is 19.3 Å². The Morgan fingerprint density at radius 2 is 1.56 bits per heavy atom. The normalized spacial score (nSPS) is 16.0. The number of halogens is 1. The Morgan fingerprint density at radius 1 is 0.860 bits per heavy atom. The molecule has 0 fully saturated rings. The van der Waals surface area contributed by atoms with Crippen LogP contribution >= 0.6 is 11.3 Å². The number of non-ortho nitro benzene ring substituents is 1. The first-order valence-corrected chi connectivity index (χ1v) is 14.2. The van der Waals surface area contributed by atoms with Gasteiger partial charge < -0.3 is 0 Å². The quantitative estimate of drug-likeness (QED) is 0.120. The Hall–Kier alpha value is -5.55. The van der Waals surface area contributed by atoms with Crippen molar-refractivity contribution < 1.29 is 18.9 Å². The third-order valence-corrected chi connectivity index (χ3v) is 8.27. The number of carbonyl (C=O) groups is 2. The maximum Gasteiger partial charge on any atom is 0.270 e. The number of hydrazone groups is 1. The van der Waals surface area contributed by atoms with Crippen LogP contribution < -0.4 is 9.91 Å². The van der Waals surface area contributed by atoms with E-state index in [1.807, 2.05) is 11.4 Å². The molecule has 0 bridgehead atoms. The Balaban J connectivity index is 1.23. The summed E-state index contributed by atoms with van der Waals surface area (Å²) in [5.74, 6) is -1.11. The monoisotopic (exact) mass is 589 g/mol. The molecule has 0 N–H and O–H groups in total. The highest BCUT2D eigenvalue weighted by molar-refractivity contribution is 7.14. The van der Waals surface area contributed by atoms with Gasteiger partial charge in [0, 0.05) is 35.1 Å². The van der Waals surface area contributed by atoms with Gasteiger partial charge in [-0.05, 0) is 42.0 Å². The van der Waals surface area contributed by atoms with Gasteiger partial charge in [0.15, 0.2) is 0 Å². The summed E-state index contributed by atoms with van der Waals surface area (Å²) in [5.41, 5.74) is 4.54. The zero-order chi connectivity index (χ0) is 29.7. The largest absolute Gasteiger partial charge is 0.270 e. The average molecular weight is 590 g/mol. The van der Waals surface area contributed by atoms with Crippen LogP contribution in [0, 0.1) is 15.9 Å². The summed E-state index contributed by atoms with van der Waals surface area (Å²) in [5, 5.41) is 20.4. The Bertz CT molecular complexity index is 1940. The highest BCUT2D eigenvalue weighted by Crippen LogP contribution is 2.40. The molecule has 1 unspecified atom stereocenters. The minimum atomic E-state index is -0.447. The summed E-state index contributed by atoms with van der Waals surface area (Å²) in [6, 6.07) is 26.0. The summed E-state index contributed by atoms with van der Waals surface area (Å²) >= 11 is 1.36. The lowest BCUT2D eigenvalue weighted by Crippen LogP contribution is -2.29. The van der Waals surface area contributed by atoms with Gasteiger partial charge in [0.05, 0.1) is 39.2 Å². The first-order chi connectivity index (χ1) is 20.9. The topological polar surface area (TPSA) is 109 Å². The fourth-order valence-corrected chi connectivity index (χ4v) is 6.17. The van der Waals surface area contributed by atoms with Crippen molar-refractivity contribution >= 4 is 45.4 Å². The van der Waals surface area contributed by atoms with Crippen LogP contribution in [0.15, 0.2) is 108 Å². The van der Waals surface area contributed by atoms with Crippen molar-refractivity contribution in [1.29, 1.82) is 0 Å². The molecule has 0 spiro atoms. The van der Waals surface area contributed by atoms with E-state index in [0.29, 0.717) is 50.9 Å². The maximum absolute atomic E-state index is 13.8. The molecular weight excluding hydrogens is 569 g/mol. The van der Waals surface area contributed by atoms with Crippen molar-refractivity contribution in [2.24, 2.45) is 5.10 Å². The van der Waals surface area contributed by atoms with E-state index < -0.39 is 4.92 Å². The standard InChI is InChI=1S/C32H20FN5O4S/c33-22-13-11-19(12-14-22)29-17-27(20-5-4-8-24(16-20)38(41)42)35-37(29)32-34-28(18-43-32)21-6-3-7-23(15-21)36-30(39)25-9-1-2-10-26(25)31(36)40/h1-16,18,29H,17H2. The van der Waals surface area contributed by atoms with Gasteiger partial charge >= 0.3 is 0 Å². The predicted octanol–water partition coefficient (Wildman–Crippen LogP) is 7.01. The number of carbonyl (C=O) groups excluding carboxylic acids is 2. The van der Waals surface area contributed by atoms with E-state index in [-0.39, 0.29) is 29.4 Å². The minimum Gasteiger partial charge on any atom is -0.268 e. The summed E-state index contributed by atoms with van der Waals surface area (Å²) in [6.45, 7) is 0. The van der Waals surface area contributed by atoms with Crippen LogP contribution in [-0.4, -0.2) is 27.4 Å². The van der Waals surface area contributed by atoms with Gasteiger partial charge in [0.1, 0.15) is 5.82 Å². The average Bonchev–Trinajstić information content (AvgIpc) is 3.75. The fraction of sp³-hybridized carbons (Fsp3) is 0.0625. The van der Waals surface area contributed by atoms with Gasteiger partial charge in [0.25, 0.3) is 17.5 Å². The molecule has 11 heteroatoms. The molecule has 2 aliphatic rings. The Labute approximate surface area is 248 Å². The number of nitrogens with zero attached hydrogens (tertiary/aromatic N) is 5. The lowest BCUT2D eigenvalue weighted by atomic mass is 9.98. The second-order valence-corrected chi connectivity index (χ2v) is 10.9. The zero-order valence-corrected chi connectivity index (χ0v) is 23.1. The van der Waals surface area contributed by atoms with Crippen molar-refractivity contribution in [2.45, 2.75) is 12.5 Å². The number of fused-ring (bicyclic) bond motifs is 1. The summed E-state index contributed by atoms with van der Waals surface area (Å²) in [6.07, 6.45) is 0.428. The number of anilines is 2. The molecular formula is C32H20FN5O4S. The molecule has 2 amide bonds. The van der Waals surface area contributed by atoms with Crippen molar-refractivity contribution in [2.75, 3.05) is 9.91 Å². The van der Waals surface area contributed by atoms with Crippen LogP contribution in [0.5, 0.6) is 0 Å². The number of hydrogen-bond donors (Lipinski definition) is 0. The lowest BCUT2D eigenvalue weighted by molar-refractivity contribution is -0.384. The van der Waals surface area contributed by atoms with E-state index in [1.165, 1.54) is 40.5 Å². The fourth-order valence-electron chi connectivity index (χ4n) is 5.33. The van der Waals surface area contributed by atoms with Crippen LogP contribution in [0.25, 0.3) is 11.3 Å². The SMILES string of the molecule is O=C1c2ccccc2C(=O)N1c1cccc(-c2csc(N3N=C(c4cccc([N+](=O)[O-])c4)CC3c3ccc(F)cc3)n2)c1. The number of rotatable bonds is 6. The highest BCUT2D eigenvalue weighted by atomic mass is 32.1. The third kappa shape index (κ3) is 4.65. The van der Waals surface area contributed by atoms with Gasteiger partial charge in [0.2, 0.25) is 5.13 Å². The molecule has 2 aliphatic heterocycles. The van der Waals surface area contributed by atoms with Gasteiger partial charge in [-0.2, -0.15) is 5.10 Å². The van der Waals surface area contributed by atoms with E-state index >= 15 is 0 Å². The molecule has 4 aromatic carbocycles. The number of benzene rings is 4. The predicted molar refractivity (Wildman–Crippen MR) is 161 cm³/mol. The number of imide groups is 1. The molecule has 9 nitrogen and oxygen atoms in total. The molecule has 43 heavy (non-hydrogen) atoms. The van der Waals surface area contributed by atoms with Crippen LogP contribution in [0.1, 0.15) is 44.3 Å². The van der Waals surface area contributed by atoms with Gasteiger partial charge in [-0.3, -0.25) is 19.7 Å². The Kier molecular flexibility index (Phi) is 6.36. The number of thiazole rings is 1. The molecule has 0 aliphatic carbocycles. The van der Waals surface area contributed by atoms with Crippen LogP contribution in [0.3, 0.4) is 0 Å². The van der Waals surface area contributed by atoms with E-state index in [9.17, 15) is 24.1 Å². The van der Waals surface area contributed by atoms with Crippen molar-refractivity contribution in [3.63, 3.8) is 0 Å². The lowest BCUT2D eigenvalue weighted by Gasteiger charge is -2.21. The summed E-state index contributed by atoms with van der Waals surface area (Å²) in [4.78, 5) is 43.0. The summed E-state index contributed by atoms with van der Waals surface area (Å²) in [7, 11) is 0. The van der Waals surface area contributed by atoms with Crippen LogP contribution in [-0.2, 0) is 0 Å². The second-order valence-electron chi connectivity index (χ2n) is 10.0. The highest BCUT2D eigenvalue weighted by Gasteiger charge is 2.36. The molecule has 3 heterocycles. The van der Waals surface area contributed by atoms with E-state index in [4.69, 9.17) is 10.1 Å². The number of nitro benzene ring substituents is 1. The van der Waals surface area contributed by atoms with E-state index in [1.54, 1.807) is 71.7 Å². The molecule has 0 radical (unpaired) electrons. The molecule has 1 aromatic heterocycles. The van der Waals surface area contributed by atoms with Crippen molar-refractivity contribution in [3.8, 4) is 11.3 Å². The summed E-state index contributed by atoms with van der Waals surface area (Å²) < 4.78 is 13.8. The van der Waals surface area contributed by atoms with E-state index in [0.717, 1.165) is 5.56 Å². The molecule has 0 saturated heterocycles. The van der Waals surface area contributed by atoms with Gasteiger partial charge in [-0.15, -0.1) is 11.3 Å². The first kappa shape index (κ1) is 26.4. The molecule has 1 atom stereocenters. The molecule has 5 aromatic rings. The number of aromatic nitrogens is 1. The number of amides is 2. The first-order valence-electron chi connectivity index (χ1n) is 13.3. The molecule has 0 saturated carbocycles. The van der Waals surface area contributed by atoms with Gasteiger partial charge in [-0.1, -0.05) is 48.5 Å². The van der Waals surface area contributed by atoms with Crippen LogP contribution in [0.2, 0.25) is 0 Å². The molecule has 7 rings (SSSR count). The van der Waals surface area contributed by atoms with Crippen molar-refractivity contribution in [1.82, 2.24) is 4.98 Å². The maximum atomic E-state index is 13.8.